The Balaban J connectivity index is 2.43. The maximum Gasteiger partial charge on any atom is 0.0680 e. The number of aryl methyl sites for hydroxylation is 1. The molecule has 0 amide bonds. The summed E-state index contributed by atoms with van der Waals surface area (Å²) in [6, 6.07) is 10.4. The predicted octanol–water partition coefficient (Wildman–Crippen LogP) is 4.28. The van der Waals surface area contributed by atoms with E-state index in [9.17, 15) is 5.11 Å². The third-order valence-electron chi connectivity index (χ3n) is 3.46. The van der Waals surface area contributed by atoms with E-state index in [0.29, 0.717) is 12.5 Å². The molecule has 4 heteroatoms. The standard InChI is InChI=1S/C19H34N2OS/c1-16(2)13-14-21(23-20-19(3,4)5)15-18(22)12-11-17-9-7-6-8-10-17/h6-10,16,18,20,22H,11-15H2,1-5H3. The molecule has 3 nitrogen and oxygen atoms in total. The summed E-state index contributed by atoms with van der Waals surface area (Å²) in [4.78, 5) is 0. The van der Waals surface area contributed by atoms with Gasteiger partial charge in [-0.1, -0.05) is 44.2 Å². The molecule has 0 saturated carbocycles. The zero-order chi connectivity index (χ0) is 17.3. The van der Waals surface area contributed by atoms with Crippen molar-refractivity contribution in [3.05, 3.63) is 35.9 Å². The van der Waals surface area contributed by atoms with Crippen LogP contribution in [0.2, 0.25) is 0 Å². The van der Waals surface area contributed by atoms with Crippen LogP contribution >= 0.6 is 12.1 Å². The lowest BCUT2D eigenvalue weighted by Gasteiger charge is -2.28. The molecule has 0 fully saturated rings. The maximum absolute atomic E-state index is 10.4. The summed E-state index contributed by atoms with van der Waals surface area (Å²) < 4.78 is 5.72. The average Bonchev–Trinajstić information content (AvgIpc) is 2.48. The molecule has 1 rings (SSSR count). The summed E-state index contributed by atoms with van der Waals surface area (Å²) in [7, 11) is 0. The van der Waals surface area contributed by atoms with E-state index < -0.39 is 0 Å². The Hall–Kier alpha value is -0.550. The molecule has 0 bridgehead atoms. The van der Waals surface area contributed by atoms with Crippen LogP contribution < -0.4 is 4.72 Å². The first-order valence-corrected chi connectivity index (χ1v) is 9.44. The van der Waals surface area contributed by atoms with E-state index >= 15 is 0 Å². The number of rotatable bonds is 10. The fourth-order valence-electron chi connectivity index (χ4n) is 2.08. The number of nitrogens with zero attached hydrogens (tertiary/aromatic N) is 1. The second-order valence-corrected chi connectivity index (χ2v) is 8.60. The summed E-state index contributed by atoms with van der Waals surface area (Å²) >= 11 is 1.64. The maximum atomic E-state index is 10.4. The topological polar surface area (TPSA) is 35.5 Å². The summed E-state index contributed by atoms with van der Waals surface area (Å²) in [6.07, 6.45) is 2.58. The van der Waals surface area contributed by atoms with Gasteiger partial charge in [0.05, 0.1) is 6.10 Å². The number of aliphatic hydroxyl groups excluding tert-OH is 1. The molecule has 1 aromatic rings. The quantitative estimate of drug-likeness (QED) is 0.624. The lowest BCUT2D eigenvalue weighted by Crippen LogP contribution is -2.37. The van der Waals surface area contributed by atoms with Crippen LogP contribution in [0.25, 0.3) is 0 Å². The molecule has 2 N–H and O–H groups in total. The van der Waals surface area contributed by atoms with Crippen molar-refractivity contribution in [1.82, 2.24) is 9.03 Å². The van der Waals surface area contributed by atoms with Gasteiger partial charge in [-0.15, -0.1) is 0 Å². The molecule has 0 radical (unpaired) electrons. The first-order valence-electron chi connectivity index (χ1n) is 8.67. The van der Waals surface area contributed by atoms with Crippen LogP contribution in [-0.4, -0.2) is 34.1 Å². The van der Waals surface area contributed by atoms with E-state index in [4.69, 9.17) is 0 Å². The molecular weight excluding hydrogens is 304 g/mol. The largest absolute Gasteiger partial charge is 0.392 e. The van der Waals surface area contributed by atoms with Gasteiger partial charge in [0.15, 0.2) is 0 Å². The minimum Gasteiger partial charge on any atom is -0.392 e. The number of nitrogens with one attached hydrogen (secondary N) is 1. The Morgan fingerprint density at radius 1 is 1.13 bits per heavy atom. The van der Waals surface area contributed by atoms with Gasteiger partial charge in [-0.05, 0) is 51.5 Å². The van der Waals surface area contributed by atoms with Crippen molar-refractivity contribution in [2.24, 2.45) is 5.92 Å². The molecule has 1 atom stereocenters. The van der Waals surface area contributed by atoms with Crippen molar-refractivity contribution in [3.8, 4) is 0 Å². The Bertz CT molecular complexity index is 417. The highest BCUT2D eigenvalue weighted by atomic mass is 32.2. The number of hydrogen-bond acceptors (Lipinski definition) is 4. The second kappa shape index (κ2) is 10.3. The van der Waals surface area contributed by atoms with Crippen molar-refractivity contribution in [3.63, 3.8) is 0 Å². The monoisotopic (exact) mass is 338 g/mol. The molecule has 0 aliphatic heterocycles. The summed E-state index contributed by atoms with van der Waals surface area (Å²) in [5.41, 5.74) is 1.36. The minimum atomic E-state index is -0.295. The summed E-state index contributed by atoms with van der Waals surface area (Å²) in [5, 5.41) is 10.4. The third-order valence-corrected chi connectivity index (χ3v) is 4.75. The van der Waals surface area contributed by atoms with Gasteiger partial charge in [-0.3, -0.25) is 0 Å². The van der Waals surface area contributed by atoms with Crippen molar-refractivity contribution in [1.29, 1.82) is 0 Å². The van der Waals surface area contributed by atoms with Crippen molar-refractivity contribution in [2.45, 2.75) is 65.5 Å². The van der Waals surface area contributed by atoms with Crippen LogP contribution in [-0.2, 0) is 6.42 Å². The molecule has 0 spiro atoms. The summed E-state index contributed by atoms with van der Waals surface area (Å²) in [6.45, 7) is 12.7. The molecule has 0 aliphatic carbocycles. The van der Waals surface area contributed by atoms with Gasteiger partial charge < -0.3 is 5.11 Å². The van der Waals surface area contributed by atoms with Gasteiger partial charge in [0.25, 0.3) is 0 Å². The molecule has 132 valence electrons. The Morgan fingerprint density at radius 3 is 2.35 bits per heavy atom. The van der Waals surface area contributed by atoms with E-state index in [1.165, 1.54) is 5.56 Å². The van der Waals surface area contributed by atoms with Gasteiger partial charge in [0.1, 0.15) is 0 Å². The molecule has 0 saturated heterocycles. The van der Waals surface area contributed by atoms with E-state index in [0.717, 1.165) is 25.8 Å². The number of hydrogen-bond donors (Lipinski definition) is 2. The number of benzene rings is 1. The van der Waals surface area contributed by atoms with Gasteiger partial charge in [0, 0.05) is 30.8 Å². The highest BCUT2D eigenvalue weighted by Crippen LogP contribution is 2.16. The second-order valence-electron chi connectivity index (χ2n) is 7.69. The van der Waals surface area contributed by atoms with Crippen LogP contribution in [0.4, 0.5) is 0 Å². The third kappa shape index (κ3) is 10.8. The van der Waals surface area contributed by atoms with Gasteiger partial charge >= 0.3 is 0 Å². The molecule has 0 aromatic heterocycles. The normalized spacial score (nSPS) is 13.7. The Kier molecular flexibility index (Phi) is 9.22. The molecule has 1 aromatic carbocycles. The molecule has 1 unspecified atom stereocenters. The zero-order valence-electron chi connectivity index (χ0n) is 15.4. The SMILES string of the molecule is CC(C)CCN(CC(O)CCc1ccccc1)SNC(C)(C)C. The van der Waals surface area contributed by atoms with Gasteiger partial charge in [-0.2, -0.15) is 0 Å². The summed E-state index contributed by atoms with van der Waals surface area (Å²) in [5.74, 6) is 0.675. The molecule has 0 aliphatic rings. The first kappa shape index (κ1) is 20.5. The van der Waals surface area contributed by atoms with E-state index in [-0.39, 0.29) is 11.6 Å². The highest BCUT2D eigenvalue weighted by molar-refractivity contribution is 7.95. The fraction of sp³-hybridized carbons (Fsp3) is 0.684. The van der Waals surface area contributed by atoms with Crippen LogP contribution in [0, 0.1) is 5.92 Å². The van der Waals surface area contributed by atoms with Crippen LogP contribution in [0.5, 0.6) is 0 Å². The van der Waals surface area contributed by atoms with Gasteiger partial charge in [-0.25, -0.2) is 9.03 Å². The lowest BCUT2D eigenvalue weighted by molar-refractivity contribution is 0.139. The fourth-order valence-corrected chi connectivity index (χ4v) is 2.93. The lowest BCUT2D eigenvalue weighted by atomic mass is 10.1. The van der Waals surface area contributed by atoms with Crippen molar-refractivity contribution < 1.29 is 5.11 Å². The minimum absolute atomic E-state index is 0.0652. The van der Waals surface area contributed by atoms with Crippen molar-refractivity contribution in [2.75, 3.05) is 13.1 Å². The smallest absolute Gasteiger partial charge is 0.0680 e. The average molecular weight is 339 g/mol. The van der Waals surface area contributed by atoms with E-state index in [1.54, 1.807) is 12.1 Å². The van der Waals surface area contributed by atoms with Crippen LogP contribution in [0.15, 0.2) is 30.3 Å². The van der Waals surface area contributed by atoms with Crippen molar-refractivity contribution >= 4 is 12.1 Å². The van der Waals surface area contributed by atoms with Gasteiger partial charge in [0.2, 0.25) is 0 Å². The molecular formula is C19H34N2OS. The molecule has 23 heavy (non-hydrogen) atoms. The Morgan fingerprint density at radius 2 is 1.78 bits per heavy atom. The van der Waals surface area contributed by atoms with Crippen LogP contribution in [0.3, 0.4) is 0 Å². The molecule has 0 heterocycles. The predicted molar refractivity (Wildman–Crippen MR) is 102 cm³/mol. The van der Waals surface area contributed by atoms with Crippen LogP contribution in [0.1, 0.15) is 53.0 Å². The highest BCUT2D eigenvalue weighted by Gasteiger charge is 2.16. The Labute approximate surface area is 147 Å². The van der Waals surface area contributed by atoms with E-state index in [2.05, 4.69) is 67.9 Å². The first-order chi connectivity index (χ1) is 10.8. The zero-order valence-corrected chi connectivity index (χ0v) is 16.2. The van der Waals surface area contributed by atoms with E-state index in [1.807, 2.05) is 6.07 Å². The number of aliphatic hydroxyl groups is 1.